The van der Waals surface area contributed by atoms with Crippen molar-refractivity contribution in [2.75, 3.05) is 12.8 Å². The van der Waals surface area contributed by atoms with Crippen molar-refractivity contribution >= 4 is 28.8 Å². The second-order valence-electron chi connectivity index (χ2n) is 3.32. The van der Waals surface area contributed by atoms with Crippen LogP contribution in [0.4, 0.5) is 0 Å². The van der Waals surface area contributed by atoms with Crippen LogP contribution in [-0.2, 0) is 14.4 Å². The van der Waals surface area contributed by atoms with Gasteiger partial charge in [-0.1, -0.05) is 18.7 Å². The second kappa shape index (κ2) is 7.24. The van der Waals surface area contributed by atoms with Crippen molar-refractivity contribution in [3.63, 3.8) is 0 Å². The van der Waals surface area contributed by atoms with E-state index in [2.05, 4.69) is 5.32 Å². The summed E-state index contributed by atoms with van der Waals surface area (Å²) in [6.45, 7) is 1.49. The van der Waals surface area contributed by atoms with E-state index in [1.165, 1.54) is 6.92 Å². The minimum Gasteiger partial charge on any atom is -0.481 e. The van der Waals surface area contributed by atoms with Gasteiger partial charge in [0.2, 0.25) is 11.0 Å². The number of hydrogen-bond donors (Lipinski definition) is 3. The highest BCUT2D eigenvalue weighted by Crippen LogP contribution is 2.05. The molecule has 16 heavy (non-hydrogen) atoms. The molecule has 0 fully saturated rings. The van der Waals surface area contributed by atoms with Crippen molar-refractivity contribution in [2.45, 2.75) is 19.4 Å². The molecule has 0 radical (unpaired) electrons. The number of carbonyl (C=O) groups excluding carboxylic acids is 2. The Kier molecular flexibility index (Phi) is 6.75. The van der Waals surface area contributed by atoms with Crippen molar-refractivity contribution in [3.05, 3.63) is 0 Å². The fourth-order valence-corrected chi connectivity index (χ4v) is 1.46. The first-order chi connectivity index (χ1) is 7.42. The summed E-state index contributed by atoms with van der Waals surface area (Å²) in [6, 6.07) is -0.751. The van der Waals surface area contributed by atoms with Gasteiger partial charge in [-0.3, -0.25) is 14.4 Å². The summed E-state index contributed by atoms with van der Waals surface area (Å²) in [6.07, 6.45) is 1.33. The van der Waals surface area contributed by atoms with Crippen LogP contribution in [0.3, 0.4) is 0 Å². The van der Waals surface area contributed by atoms with E-state index in [1.54, 1.807) is 6.26 Å². The van der Waals surface area contributed by atoms with Crippen LogP contribution in [0.5, 0.6) is 0 Å². The molecule has 2 unspecified atom stereocenters. The molecular formula is C9H16N2O4S. The van der Waals surface area contributed by atoms with E-state index < -0.39 is 23.8 Å². The number of nitrogens with one attached hydrogen (secondary N) is 1. The normalized spacial score (nSPS) is 13.9. The Labute approximate surface area is 98.0 Å². The molecule has 0 aromatic heterocycles. The topological polar surface area (TPSA) is 109 Å². The fourth-order valence-electron chi connectivity index (χ4n) is 1.02. The fraction of sp³-hybridized carbons (Fsp3) is 0.667. The molecule has 0 aromatic rings. The number of aliphatic carboxylic acids is 1. The lowest BCUT2D eigenvalue weighted by atomic mass is 10.1. The summed E-state index contributed by atoms with van der Waals surface area (Å²) >= 11 is 0.975. The third-order valence-corrected chi connectivity index (χ3v) is 2.65. The highest BCUT2D eigenvalue weighted by Gasteiger charge is 2.22. The summed E-state index contributed by atoms with van der Waals surface area (Å²) in [5, 5.41) is 10.7. The first-order valence-electron chi connectivity index (χ1n) is 4.72. The van der Waals surface area contributed by atoms with Crippen LogP contribution in [0.1, 0.15) is 13.3 Å². The first-order valence-corrected chi connectivity index (χ1v) is 5.94. The zero-order valence-corrected chi connectivity index (χ0v) is 10.0. The maximum atomic E-state index is 11.5. The molecule has 2 atom stereocenters. The third kappa shape index (κ3) is 5.13. The average molecular weight is 248 g/mol. The Morgan fingerprint density at radius 1 is 1.44 bits per heavy atom. The lowest BCUT2D eigenvalue weighted by Crippen LogP contribution is -2.46. The zero-order valence-electron chi connectivity index (χ0n) is 9.23. The predicted octanol–water partition coefficient (Wildman–Crippen LogP) is -0.570. The number of rotatable bonds is 6. The van der Waals surface area contributed by atoms with Crippen molar-refractivity contribution in [1.29, 1.82) is 0 Å². The number of nitrogens with two attached hydrogens (primary N) is 1. The van der Waals surface area contributed by atoms with E-state index >= 15 is 0 Å². The second-order valence-corrected chi connectivity index (χ2v) is 4.13. The van der Waals surface area contributed by atoms with Gasteiger partial charge in [0.05, 0.1) is 6.42 Å². The highest BCUT2D eigenvalue weighted by atomic mass is 32.2. The molecular weight excluding hydrogens is 232 g/mol. The molecule has 0 aliphatic carbocycles. The molecule has 0 bridgehead atoms. The Hall–Kier alpha value is -1.08. The van der Waals surface area contributed by atoms with Crippen LogP contribution in [0, 0.1) is 5.92 Å². The van der Waals surface area contributed by atoms with E-state index in [0.717, 1.165) is 11.8 Å². The maximum Gasteiger partial charge on any atom is 0.304 e. The van der Waals surface area contributed by atoms with Crippen LogP contribution in [0.2, 0.25) is 0 Å². The summed E-state index contributed by atoms with van der Waals surface area (Å²) in [5.41, 5.74) is 5.33. The largest absolute Gasteiger partial charge is 0.481 e. The Morgan fingerprint density at radius 2 is 2.00 bits per heavy atom. The zero-order chi connectivity index (χ0) is 12.7. The van der Waals surface area contributed by atoms with E-state index in [-0.39, 0.29) is 18.1 Å². The summed E-state index contributed by atoms with van der Waals surface area (Å²) in [4.78, 5) is 33.1. The van der Waals surface area contributed by atoms with E-state index in [9.17, 15) is 14.4 Å². The standard InChI is InChI=1S/C9H16N2O4S/c1-5(3-7(12)13)8(14)11-6(4-10)9(15)16-2/h5-6H,3-4,10H2,1-2H3,(H,11,14)(H,12,13). The van der Waals surface area contributed by atoms with Crippen LogP contribution < -0.4 is 11.1 Å². The number of carbonyl (C=O) groups is 3. The molecule has 0 aliphatic heterocycles. The monoisotopic (exact) mass is 248 g/mol. The summed E-state index contributed by atoms with van der Waals surface area (Å²) in [5.74, 6) is -2.20. The van der Waals surface area contributed by atoms with Gasteiger partial charge in [-0.25, -0.2) is 0 Å². The van der Waals surface area contributed by atoms with Crippen LogP contribution in [0.15, 0.2) is 0 Å². The van der Waals surface area contributed by atoms with Gasteiger partial charge in [0.25, 0.3) is 0 Å². The molecule has 0 spiro atoms. The average Bonchev–Trinajstić information content (AvgIpc) is 2.23. The number of carboxylic acids is 1. The molecule has 0 heterocycles. The molecule has 0 saturated carbocycles. The van der Waals surface area contributed by atoms with E-state index in [1.807, 2.05) is 0 Å². The van der Waals surface area contributed by atoms with E-state index in [4.69, 9.17) is 10.8 Å². The van der Waals surface area contributed by atoms with Gasteiger partial charge >= 0.3 is 5.97 Å². The molecule has 0 rings (SSSR count). The molecule has 6 nitrogen and oxygen atoms in total. The van der Waals surface area contributed by atoms with Gasteiger partial charge in [0.1, 0.15) is 6.04 Å². The molecule has 0 aromatic carbocycles. The van der Waals surface area contributed by atoms with Gasteiger partial charge in [-0.05, 0) is 6.26 Å². The summed E-state index contributed by atoms with van der Waals surface area (Å²) < 4.78 is 0. The molecule has 92 valence electrons. The maximum absolute atomic E-state index is 11.5. The number of hydrogen-bond acceptors (Lipinski definition) is 5. The Balaban J connectivity index is 4.29. The lowest BCUT2D eigenvalue weighted by molar-refractivity contribution is -0.141. The molecule has 0 saturated heterocycles. The SMILES string of the molecule is CSC(=O)C(CN)NC(=O)C(C)CC(=O)O. The molecule has 0 aliphatic rings. The Morgan fingerprint density at radius 3 is 2.38 bits per heavy atom. The van der Waals surface area contributed by atoms with Gasteiger partial charge < -0.3 is 16.2 Å². The van der Waals surface area contributed by atoms with Crippen LogP contribution in [0.25, 0.3) is 0 Å². The number of carboxylic acid groups (broad SMARTS) is 1. The van der Waals surface area contributed by atoms with Gasteiger partial charge in [-0.2, -0.15) is 0 Å². The van der Waals surface area contributed by atoms with Crippen molar-refractivity contribution in [3.8, 4) is 0 Å². The third-order valence-electron chi connectivity index (χ3n) is 1.97. The smallest absolute Gasteiger partial charge is 0.304 e. The number of amides is 1. The van der Waals surface area contributed by atoms with Crippen LogP contribution >= 0.6 is 11.8 Å². The minimum atomic E-state index is -1.05. The minimum absolute atomic E-state index is 0.00516. The van der Waals surface area contributed by atoms with E-state index in [0.29, 0.717) is 0 Å². The Bertz CT molecular complexity index is 283. The van der Waals surface area contributed by atoms with Crippen molar-refractivity contribution < 1.29 is 19.5 Å². The predicted molar refractivity (Wildman–Crippen MR) is 60.9 cm³/mol. The first kappa shape index (κ1) is 14.9. The summed E-state index contributed by atoms with van der Waals surface area (Å²) in [7, 11) is 0. The van der Waals surface area contributed by atoms with Crippen molar-refractivity contribution in [2.24, 2.45) is 11.7 Å². The van der Waals surface area contributed by atoms with Gasteiger partial charge in [0.15, 0.2) is 0 Å². The number of thioether (sulfide) groups is 1. The highest BCUT2D eigenvalue weighted by molar-refractivity contribution is 8.13. The molecule has 7 heteroatoms. The quantitative estimate of drug-likeness (QED) is 0.580. The molecule has 4 N–H and O–H groups in total. The van der Waals surface area contributed by atoms with Gasteiger partial charge in [0, 0.05) is 12.5 Å². The van der Waals surface area contributed by atoms with Gasteiger partial charge in [-0.15, -0.1) is 0 Å². The lowest BCUT2D eigenvalue weighted by Gasteiger charge is -2.16. The molecule has 1 amide bonds. The van der Waals surface area contributed by atoms with Crippen LogP contribution in [-0.4, -0.2) is 40.9 Å². The van der Waals surface area contributed by atoms with Crippen molar-refractivity contribution in [1.82, 2.24) is 5.32 Å².